The zero-order valence-electron chi connectivity index (χ0n) is 4.96. The van der Waals surface area contributed by atoms with E-state index >= 15 is 0 Å². The first-order valence-corrected chi connectivity index (χ1v) is 10.9. The summed E-state index contributed by atoms with van der Waals surface area (Å²) in [4.78, 5) is 0. The molecule has 0 aromatic heterocycles. The number of rotatable bonds is 4. The minimum absolute atomic E-state index is 0.223. The molecule has 0 aliphatic rings. The summed E-state index contributed by atoms with van der Waals surface area (Å²) in [6.07, 6.45) is -0.988. The van der Waals surface area contributed by atoms with Gasteiger partial charge in [-0.25, -0.2) is 0 Å². The Morgan fingerprint density at radius 2 is 0.889 bits per heavy atom. The van der Waals surface area contributed by atoms with Crippen molar-refractivity contribution in [2.75, 3.05) is 0 Å². The molecule has 0 bridgehead atoms. The molecule has 0 N–H and O–H groups in total. The Morgan fingerprint density at radius 1 is 0.667 bits per heavy atom. The van der Waals surface area contributed by atoms with Crippen LogP contribution in [0.5, 0.6) is 0 Å². The predicted octanol–water partition coefficient (Wildman–Crippen LogP) is -0.489. The van der Waals surface area contributed by atoms with Gasteiger partial charge in [-0.3, -0.25) is 0 Å². The van der Waals surface area contributed by atoms with Crippen LogP contribution in [0, 0.1) is 0 Å². The summed E-state index contributed by atoms with van der Waals surface area (Å²) >= 11 is 0.890. The van der Waals surface area contributed by atoms with E-state index in [2.05, 4.69) is 0 Å². The molecule has 0 amide bonds. The summed E-state index contributed by atoms with van der Waals surface area (Å²) < 4.78 is 20.2. The first-order chi connectivity index (χ1) is 4.24. The predicted molar refractivity (Wildman–Crippen MR) is 7.07 cm³/mol. The summed E-state index contributed by atoms with van der Waals surface area (Å²) in [7, 11) is 0. The van der Waals surface area contributed by atoms with Crippen molar-refractivity contribution in [3.05, 3.63) is 0 Å². The summed E-state index contributed by atoms with van der Waals surface area (Å²) in [5.74, 6) is 0. The molecule has 0 aliphatic carbocycles. The summed E-state index contributed by atoms with van der Waals surface area (Å²) in [5, 5.41) is 0. The Labute approximate surface area is 120 Å². The molecular formula is CHg4O4. The second-order valence-electron chi connectivity index (χ2n) is 1.08. The van der Waals surface area contributed by atoms with Crippen molar-refractivity contribution in [1.82, 2.24) is 0 Å². The van der Waals surface area contributed by atoms with Crippen LogP contribution in [0.15, 0.2) is 0 Å². The van der Waals surface area contributed by atoms with Gasteiger partial charge in [-0.05, 0) is 0 Å². The monoisotopic (exact) mass is 884 g/mol. The van der Waals surface area contributed by atoms with Crippen LogP contribution in [0.2, 0.25) is 0 Å². The summed E-state index contributed by atoms with van der Waals surface area (Å²) in [6.45, 7) is 0. The van der Waals surface area contributed by atoms with Crippen LogP contribution in [-0.4, -0.2) is 6.16 Å². The second-order valence-corrected chi connectivity index (χ2v) is 5.57. The van der Waals surface area contributed by atoms with Crippen molar-refractivity contribution in [2.24, 2.45) is 0 Å². The fraction of sp³-hybridized carbons (Fsp3) is 1.00. The van der Waals surface area contributed by atoms with E-state index in [9.17, 15) is 0 Å². The SMILES string of the molecule is [Hg][O]C([O][Hg])([O][Hg])[O][Hg]. The Kier molecular flexibility index (Phi) is 9.83. The van der Waals surface area contributed by atoms with E-state index in [1.165, 1.54) is 0 Å². The van der Waals surface area contributed by atoms with Gasteiger partial charge in [0.2, 0.25) is 0 Å². The van der Waals surface area contributed by atoms with E-state index < -0.39 is 6.16 Å². The van der Waals surface area contributed by atoms with Gasteiger partial charge in [0.05, 0.1) is 0 Å². The van der Waals surface area contributed by atoms with Crippen LogP contribution < -0.4 is 0 Å². The molecule has 8 heteroatoms. The van der Waals surface area contributed by atoms with E-state index in [0.717, 1.165) is 0 Å². The van der Waals surface area contributed by atoms with Crippen LogP contribution in [0.4, 0.5) is 0 Å². The van der Waals surface area contributed by atoms with Crippen LogP contribution in [0.3, 0.4) is 0 Å². The molecule has 36 valence electrons. The van der Waals surface area contributed by atoms with E-state index in [1.54, 1.807) is 0 Å². The van der Waals surface area contributed by atoms with Gasteiger partial charge in [0.25, 0.3) is 0 Å². The molecule has 0 saturated heterocycles. The Bertz CT molecular complexity index is 55.5. The van der Waals surface area contributed by atoms with Crippen LogP contribution in [-0.2, 0) is 117 Å². The quantitative estimate of drug-likeness (QED) is 0.283. The standard InChI is InChI=1S/CO4.4Hg/c2-1(3,4)5;;;;/q-4;4*+1. The van der Waals surface area contributed by atoms with Crippen molar-refractivity contribution >= 4 is 0 Å². The molecule has 0 fully saturated rings. The topological polar surface area (TPSA) is 36.9 Å². The molecule has 0 spiro atoms. The fourth-order valence-electron chi connectivity index (χ4n) is 0.250. The van der Waals surface area contributed by atoms with Crippen molar-refractivity contribution < 1.29 is 117 Å². The Hall–Kier alpha value is 3.58. The first-order valence-electron chi connectivity index (χ1n) is 1.97. The zero-order valence-corrected chi connectivity index (χ0v) is 27.0. The van der Waals surface area contributed by atoms with Crippen molar-refractivity contribution in [2.45, 2.75) is 6.16 Å². The zero-order chi connectivity index (χ0) is 7.33. The molecular weight excluding hydrogens is 878 g/mol. The van der Waals surface area contributed by atoms with Gasteiger partial charge < -0.3 is 0 Å². The van der Waals surface area contributed by atoms with Gasteiger partial charge >= 0.3 is 123 Å². The number of hydrogen-bond donors (Lipinski definition) is 0. The van der Waals surface area contributed by atoms with Gasteiger partial charge in [-0.1, -0.05) is 0 Å². The normalized spacial score (nSPS) is 12.4. The van der Waals surface area contributed by atoms with Gasteiger partial charge in [0, 0.05) is 0 Å². The molecule has 4 nitrogen and oxygen atoms in total. The Balaban J connectivity index is 3.82. The average Bonchev–Trinajstić information content (AvgIpc) is 1.95. The Morgan fingerprint density at radius 3 is 0.889 bits per heavy atom. The van der Waals surface area contributed by atoms with Crippen molar-refractivity contribution in [3.63, 3.8) is 0 Å². The molecule has 0 saturated carbocycles. The minimum atomic E-state index is -0.988. The van der Waals surface area contributed by atoms with Crippen molar-refractivity contribution in [1.29, 1.82) is 0 Å². The molecule has 0 radical (unpaired) electrons. The number of hydrogen-bond acceptors (Lipinski definition) is 4. The third kappa shape index (κ3) is 4.38. The molecule has 0 aromatic carbocycles. The van der Waals surface area contributed by atoms with Crippen LogP contribution in [0.1, 0.15) is 0 Å². The van der Waals surface area contributed by atoms with E-state index in [4.69, 9.17) is 10.6 Å². The summed E-state index contributed by atoms with van der Waals surface area (Å²) in [5.41, 5.74) is 0. The van der Waals surface area contributed by atoms with Gasteiger partial charge in [-0.2, -0.15) is 0 Å². The molecule has 9 heavy (non-hydrogen) atoms. The molecule has 0 heterocycles. The third-order valence-corrected chi connectivity index (χ3v) is 6.20. The molecule has 0 atom stereocenters. The second kappa shape index (κ2) is 7.03. The molecule has 0 rings (SSSR count). The maximum atomic E-state index is 5.06. The average molecular weight is 878 g/mol. The van der Waals surface area contributed by atoms with Gasteiger partial charge in [0.1, 0.15) is 0 Å². The third-order valence-electron chi connectivity index (χ3n) is 0.707. The van der Waals surface area contributed by atoms with E-state index in [-0.39, 0.29) is 106 Å². The van der Waals surface area contributed by atoms with Crippen LogP contribution >= 0.6 is 0 Å². The van der Waals surface area contributed by atoms with Gasteiger partial charge in [0.15, 0.2) is 0 Å². The van der Waals surface area contributed by atoms with E-state index in [1.807, 2.05) is 0 Å². The molecule has 0 aromatic rings. The van der Waals surface area contributed by atoms with Crippen LogP contribution in [0.25, 0.3) is 0 Å². The summed E-state index contributed by atoms with van der Waals surface area (Å²) in [6, 6.07) is 0. The van der Waals surface area contributed by atoms with Gasteiger partial charge in [-0.15, -0.1) is 0 Å². The molecule has 0 aliphatic heterocycles. The first kappa shape index (κ1) is 12.6. The van der Waals surface area contributed by atoms with E-state index in [0.29, 0.717) is 0 Å². The maximum absolute atomic E-state index is 5.06. The van der Waals surface area contributed by atoms with Crippen molar-refractivity contribution in [3.8, 4) is 0 Å². The fourth-order valence-corrected chi connectivity index (χ4v) is 19.3. The molecule has 0 unspecified atom stereocenters.